The van der Waals surface area contributed by atoms with Crippen LogP contribution in [0.25, 0.3) is 11.2 Å². The number of aromatic nitrogens is 4. The number of unbranched alkanes of at least 4 members (excludes halogenated alkanes) is 1. The summed E-state index contributed by atoms with van der Waals surface area (Å²) in [7, 11) is 0. The lowest BCUT2D eigenvalue weighted by Crippen LogP contribution is -2.06. The molecule has 1 atom stereocenters. The van der Waals surface area contributed by atoms with Gasteiger partial charge >= 0.3 is 6.18 Å². The SMILES string of the molecule is Nc1cc(C(CCCCc2cccc(C(F)(F)F)c2)c2ccccc2)c2n[nH]nc2n1. The second-order valence-electron chi connectivity index (χ2n) is 7.54. The van der Waals surface area contributed by atoms with Crippen LogP contribution in [0.3, 0.4) is 0 Å². The maximum Gasteiger partial charge on any atom is 0.416 e. The van der Waals surface area contributed by atoms with Crippen molar-refractivity contribution in [3.8, 4) is 0 Å². The third-order valence-electron chi connectivity index (χ3n) is 5.38. The summed E-state index contributed by atoms with van der Waals surface area (Å²) in [6, 6.07) is 17.4. The fourth-order valence-corrected chi connectivity index (χ4v) is 3.91. The van der Waals surface area contributed by atoms with Crippen LogP contribution in [0.4, 0.5) is 19.0 Å². The van der Waals surface area contributed by atoms with Crippen LogP contribution in [0, 0.1) is 0 Å². The Hall–Kier alpha value is -3.42. The van der Waals surface area contributed by atoms with Crippen LogP contribution in [0.1, 0.15) is 47.4 Å². The standard InChI is InChI=1S/C23H22F3N5/c24-23(25,26)17-11-6-8-15(13-17)7-4-5-12-18(16-9-2-1-3-10-16)19-14-20(27)28-22-21(19)29-31-30-22/h1-3,6,8-11,13-14,18H,4-5,7,12H2,(H3,27,28,29,30,31). The van der Waals surface area contributed by atoms with Gasteiger partial charge in [-0.05, 0) is 48.1 Å². The van der Waals surface area contributed by atoms with Gasteiger partial charge < -0.3 is 5.73 Å². The van der Waals surface area contributed by atoms with Gasteiger partial charge in [-0.25, -0.2) is 4.98 Å². The second kappa shape index (κ2) is 8.75. The highest BCUT2D eigenvalue weighted by Crippen LogP contribution is 2.34. The van der Waals surface area contributed by atoms with E-state index in [9.17, 15) is 13.2 Å². The van der Waals surface area contributed by atoms with Gasteiger partial charge in [-0.3, -0.25) is 0 Å². The van der Waals surface area contributed by atoms with Crippen molar-refractivity contribution < 1.29 is 13.2 Å². The summed E-state index contributed by atoms with van der Waals surface area (Å²) in [6.07, 6.45) is -1.33. The molecule has 0 saturated heterocycles. The van der Waals surface area contributed by atoms with Crippen LogP contribution in [0.5, 0.6) is 0 Å². The van der Waals surface area contributed by atoms with E-state index >= 15 is 0 Å². The van der Waals surface area contributed by atoms with Gasteiger partial charge in [-0.1, -0.05) is 55.0 Å². The average molecular weight is 425 g/mol. The molecule has 0 aliphatic heterocycles. The Morgan fingerprint density at radius 3 is 2.52 bits per heavy atom. The number of anilines is 1. The Morgan fingerprint density at radius 2 is 1.74 bits per heavy atom. The van der Waals surface area contributed by atoms with E-state index in [1.807, 2.05) is 24.3 Å². The van der Waals surface area contributed by atoms with Crippen LogP contribution in [0.15, 0.2) is 60.7 Å². The van der Waals surface area contributed by atoms with Crippen LogP contribution in [-0.4, -0.2) is 20.4 Å². The topological polar surface area (TPSA) is 80.5 Å². The van der Waals surface area contributed by atoms with Crippen molar-refractivity contribution in [2.45, 2.75) is 37.8 Å². The van der Waals surface area contributed by atoms with Gasteiger partial charge in [0.25, 0.3) is 0 Å². The summed E-state index contributed by atoms with van der Waals surface area (Å²) in [5, 5.41) is 10.9. The molecular formula is C23H22F3N5. The number of hydrogen-bond donors (Lipinski definition) is 2. The quantitative estimate of drug-likeness (QED) is 0.383. The van der Waals surface area contributed by atoms with E-state index in [0.717, 1.165) is 36.5 Å². The molecule has 0 amide bonds. The number of nitrogens with two attached hydrogens (primary N) is 1. The summed E-state index contributed by atoms with van der Waals surface area (Å²) in [4.78, 5) is 4.22. The number of alkyl halides is 3. The highest BCUT2D eigenvalue weighted by atomic mass is 19.4. The second-order valence-corrected chi connectivity index (χ2v) is 7.54. The zero-order valence-corrected chi connectivity index (χ0v) is 16.7. The molecule has 0 aliphatic rings. The number of H-pyrrole nitrogens is 1. The highest BCUT2D eigenvalue weighted by molar-refractivity contribution is 5.77. The third kappa shape index (κ3) is 4.84. The fourth-order valence-electron chi connectivity index (χ4n) is 3.91. The number of aryl methyl sites for hydroxylation is 1. The zero-order chi connectivity index (χ0) is 21.8. The summed E-state index contributed by atoms with van der Waals surface area (Å²) < 4.78 is 38.8. The Labute approximate surface area is 177 Å². The minimum absolute atomic E-state index is 0.0283. The van der Waals surface area contributed by atoms with E-state index in [2.05, 4.69) is 32.5 Å². The molecule has 8 heteroatoms. The Balaban J connectivity index is 1.51. The van der Waals surface area contributed by atoms with E-state index < -0.39 is 11.7 Å². The van der Waals surface area contributed by atoms with Gasteiger partial charge in [-0.2, -0.15) is 23.5 Å². The third-order valence-corrected chi connectivity index (χ3v) is 5.38. The summed E-state index contributed by atoms with van der Waals surface area (Å²) in [5.41, 5.74) is 9.31. The molecule has 2 aromatic carbocycles. The van der Waals surface area contributed by atoms with Crippen molar-refractivity contribution in [1.29, 1.82) is 0 Å². The number of nitrogen functional groups attached to an aromatic ring is 1. The van der Waals surface area contributed by atoms with Gasteiger partial charge in [0.15, 0.2) is 0 Å². The molecular weight excluding hydrogens is 403 g/mol. The van der Waals surface area contributed by atoms with Crippen molar-refractivity contribution in [2.75, 3.05) is 5.73 Å². The minimum Gasteiger partial charge on any atom is -0.384 e. The highest BCUT2D eigenvalue weighted by Gasteiger charge is 2.30. The van der Waals surface area contributed by atoms with Gasteiger partial charge in [0.1, 0.15) is 11.3 Å². The summed E-state index contributed by atoms with van der Waals surface area (Å²) in [6.45, 7) is 0. The van der Waals surface area contributed by atoms with Crippen molar-refractivity contribution >= 4 is 17.0 Å². The zero-order valence-electron chi connectivity index (χ0n) is 16.7. The number of benzene rings is 2. The molecule has 160 valence electrons. The van der Waals surface area contributed by atoms with Crippen LogP contribution < -0.4 is 5.73 Å². The number of nitrogens with one attached hydrogen (secondary N) is 1. The maximum atomic E-state index is 12.9. The number of pyridine rings is 1. The molecule has 2 aromatic heterocycles. The van der Waals surface area contributed by atoms with Crippen molar-refractivity contribution in [2.24, 2.45) is 0 Å². The molecule has 0 bridgehead atoms. The van der Waals surface area contributed by atoms with Crippen molar-refractivity contribution in [1.82, 2.24) is 20.4 Å². The normalized spacial score (nSPS) is 12.9. The molecule has 2 heterocycles. The number of hydrogen-bond acceptors (Lipinski definition) is 4. The first-order valence-electron chi connectivity index (χ1n) is 10.1. The molecule has 3 N–H and O–H groups in total. The number of aromatic amines is 1. The molecule has 4 aromatic rings. The maximum absolute atomic E-state index is 12.9. The first-order valence-corrected chi connectivity index (χ1v) is 10.1. The van der Waals surface area contributed by atoms with E-state index in [1.165, 1.54) is 12.1 Å². The lowest BCUT2D eigenvalue weighted by molar-refractivity contribution is -0.137. The smallest absolute Gasteiger partial charge is 0.384 e. The first-order chi connectivity index (χ1) is 14.9. The Morgan fingerprint density at radius 1 is 0.935 bits per heavy atom. The van der Waals surface area contributed by atoms with E-state index in [0.29, 0.717) is 29.0 Å². The van der Waals surface area contributed by atoms with Crippen LogP contribution in [-0.2, 0) is 12.6 Å². The van der Waals surface area contributed by atoms with Crippen LogP contribution >= 0.6 is 0 Å². The average Bonchev–Trinajstić information content (AvgIpc) is 3.22. The minimum atomic E-state index is -4.32. The molecule has 4 rings (SSSR count). The fraction of sp³-hybridized carbons (Fsp3) is 0.261. The molecule has 0 radical (unpaired) electrons. The Bertz CT molecular complexity index is 1150. The van der Waals surface area contributed by atoms with Gasteiger partial charge in [0.2, 0.25) is 5.65 Å². The Kier molecular flexibility index (Phi) is 5.88. The van der Waals surface area contributed by atoms with E-state index in [1.54, 1.807) is 6.07 Å². The first kappa shape index (κ1) is 20.8. The summed E-state index contributed by atoms with van der Waals surface area (Å²) >= 11 is 0. The largest absolute Gasteiger partial charge is 0.416 e. The number of fused-ring (bicyclic) bond motifs is 1. The molecule has 0 aliphatic carbocycles. The van der Waals surface area contributed by atoms with Crippen molar-refractivity contribution in [3.63, 3.8) is 0 Å². The van der Waals surface area contributed by atoms with Crippen molar-refractivity contribution in [3.05, 3.63) is 82.9 Å². The number of nitrogens with zero attached hydrogens (tertiary/aromatic N) is 3. The van der Waals surface area contributed by atoms with Gasteiger partial charge in [-0.15, -0.1) is 5.10 Å². The van der Waals surface area contributed by atoms with Crippen LogP contribution in [0.2, 0.25) is 0 Å². The molecule has 0 fully saturated rings. The molecule has 5 nitrogen and oxygen atoms in total. The predicted molar refractivity (Wildman–Crippen MR) is 113 cm³/mol. The molecule has 0 saturated carbocycles. The molecule has 31 heavy (non-hydrogen) atoms. The summed E-state index contributed by atoms with van der Waals surface area (Å²) in [5.74, 6) is 0.405. The van der Waals surface area contributed by atoms with Gasteiger partial charge in [0, 0.05) is 5.92 Å². The van der Waals surface area contributed by atoms with E-state index in [-0.39, 0.29) is 5.92 Å². The predicted octanol–water partition coefficient (Wildman–Crippen LogP) is 5.50. The lowest BCUT2D eigenvalue weighted by Gasteiger charge is -2.18. The number of rotatable bonds is 7. The molecule has 0 spiro atoms. The van der Waals surface area contributed by atoms with Gasteiger partial charge in [0.05, 0.1) is 5.56 Å². The number of halogens is 3. The van der Waals surface area contributed by atoms with E-state index in [4.69, 9.17) is 5.73 Å². The lowest BCUT2D eigenvalue weighted by atomic mass is 9.86. The molecule has 1 unspecified atom stereocenters. The monoisotopic (exact) mass is 425 g/mol.